The third-order valence-corrected chi connectivity index (χ3v) is 3.25. The number of aromatic amines is 1. The molecule has 0 radical (unpaired) electrons. The molecule has 3 aromatic rings. The zero-order valence-electron chi connectivity index (χ0n) is 10.9. The van der Waals surface area contributed by atoms with Crippen LogP contribution >= 0.6 is 0 Å². The summed E-state index contributed by atoms with van der Waals surface area (Å²) in [5, 5.41) is 9.89. The minimum atomic E-state index is -0.920. The van der Waals surface area contributed by atoms with Crippen molar-refractivity contribution in [3.63, 3.8) is 0 Å². The molecular weight excluding hydrogens is 254 g/mol. The summed E-state index contributed by atoms with van der Waals surface area (Å²) in [6, 6.07) is 14.7. The number of carboxylic acids is 1. The molecule has 0 saturated carbocycles. The molecule has 4 heteroatoms. The summed E-state index contributed by atoms with van der Waals surface area (Å²) in [4.78, 5) is 14.3. The fraction of sp³-hybridized carbons (Fsp3) is 0.0625. The van der Waals surface area contributed by atoms with Gasteiger partial charge in [-0.1, -0.05) is 12.1 Å². The monoisotopic (exact) mass is 267 g/mol. The number of methoxy groups -OCH3 is 1. The van der Waals surface area contributed by atoms with Crippen LogP contribution in [0.4, 0.5) is 0 Å². The van der Waals surface area contributed by atoms with Crippen LogP contribution in [-0.2, 0) is 0 Å². The van der Waals surface area contributed by atoms with Crippen molar-refractivity contribution in [3.05, 3.63) is 54.1 Å². The van der Waals surface area contributed by atoms with E-state index in [1.165, 1.54) is 0 Å². The minimum absolute atomic E-state index is 0.286. The lowest BCUT2D eigenvalue weighted by atomic mass is 10.1. The van der Waals surface area contributed by atoms with Gasteiger partial charge in [-0.2, -0.15) is 0 Å². The number of fused-ring (bicyclic) bond motifs is 1. The van der Waals surface area contributed by atoms with E-state index in [9.17, 15) is 4.79 Å². The molecule has 2 N–H and O–H groups in total. The average Bonchev–Trinajstić information content (AvgIpc) is 2.90. The lowest BCUT2D eigenvalue weighted by molar-refractivity contribution is 0.0697. The Hall–Kier alpha value is -2.75. The Morgan fingerprint density at radius 2 is 2.00 bits per heavy atom. The summed E-state index contributed by atoms with van der Waals surface area (Å²) in [5.74, 6) is -0.136. The first-order chi connectivity index (χ1) is 9.67. The van der Waals surface area contributed by atoms with E-state index in [0.29, 0.717) is 0 Å². The molecule has 0 bridgehead atoms. The lowest BCUT2D eigenvalue weighted by Gasteiger charge is -2.02. The second kappa shape index (κ2) is 4.74. The smallest absolute Gasteiger partial charge is 0.335 e. The highest BCUT2D eigenvalue weighted by Gasteiger charge is 2.08. The number of rotatable bonds is 3. The van der Waals surface area contributed by atoms with Crippen molar-refractivity contribution in [1.82, 2.24) is 4.98 Å². The van der Waals surface area contributed by atoms with E-state index in [1.807, 2.05) is 30.3 Å². The van der Waals surface area contributed by atoms with Crippen LogP contribution in [0.5, 0.6) is 5.75 Å². The van der Waals surface area contributed by atoms with Gasteiger partial charge in [0.1, 0.15) is 5.75 Å². The maximum Gasteiger partial charge on any atom is 0.335 e. The molecule has 0 saturated heterocycles. The fourth-order valence-electron chi connectivity index (χ4n) is 2.21. The van der Waals surface area contributed by atoms with E-state index < -0.39 is 5.97 Å². The Balaban J connectivity index is 2.10. The van der Waals surface area contributed by atoms with Crippen molar-refractivity contribution in [2.75, 3.05) is 7.11 Å². The number of ether oxygens (including phenoxy) is 1. The third-order valence-electron chi connectivity index (χ3n) is 3.25. The lowest BCUT2D eigenvalue weighted by Crippen LogP contribution is -1.94. The highest BCUT2D eigenvalue weighted by Crippen LogP contribution is 2.27. The molecule has 20 heavy (non-hydrogen) atoms. The van der Waals surface area contributed by atoms with Gasteiger partial charge in [0.2, 0.25) is 0 Å². The molecule has 3 rings (SSSR count). The molecule has 0 aliphatic heterocycles. The van der Waals surface area contributed by atoms with Gasteiger partial charge in [-0.25, -0.2) is 4.79 Å². The van der Waals surface area contributed by atoms with Crippen LogP contribution in [0, 0.1) is 0 Å². The molecule has 0 spiro atoms. The Morgan fingerprint density at radius 3 is 2.75 bits per heavy atom. The van der Waals surface area contributed by atoms with Gasteiger partial charge >= 0.3 is 5.97 Å². The summed E-state index contributed by atoms with van der Waals surface area (Å²) in [6.07, 6.45) is 0. The Bertz CT molecular complexity index is 789. The van der Waals surface area contributed by atoms with Crippen LogP contribution in [0.15, 0.2) is 48.5 Å². The zero-order chi connectivity index (χ0) is 14.1. The Kier molecular flexibility index (Phi) is 2.91. The summed E-state index contributed by atoms with van der Waals surface area (Å²) < 4.78 is 5.21. The van der Waals surface area contributed by atoms with Gasteiger partial charge in [-0.3, -0.25) is 0 Å². The van der Waals surface area contributed by atoms with Crippen LogP contribution in [-0.4, -0.2) is 23.2 Å². The van der Waals surface area contributed by atoms with Crippen molar-refractivity contribution in [1.29, 1.82) is 0 Å². The molecule has 1 heterocycles. The molecule has 0 aliphatic rings. The fourth-order valence-corrected chi connectivity index (χ4v) is 2.21. The first kappa shape index (κ1) is 12.3. The van der Waals surface area contributed by atoms with E-state index in [-0.39, 0.29) is 5.56 Å². The SMILES string of the molecule is COc1cccc(-c2cc3cc(C(=O)O)ccc3[nH]2)c1. The van der Waals surface area contributed by atoms with Crippen LogP contribution in [0.3, 0.4) is 0 Å². The van der Waals surface area contributed by atoms with Gasteiger partial charge in [0.15, 0.2) is 0 Å². The molecule has 0 unspecified atom stereocenters. The quantitative estimate of drug-likeness (QED) is 0.763. The average molecular weight is 267 g/mol. The predicted molar refractivity (Wildman–Crippen MR) is 77.2 cm³/mol. The molecule has 0 fully saturated rings. The second-order valence-electron chi connectivity index (χ2n) is 4.52. The van der Waals surface area contributed by atoms with Crippen molar-refractivity contribution in [2.45, 2.75) is 0 Å². The molecule has 2 aromatic carbocycles. The Labute approximate surface area is 115 Å². The van der Waals surface area contributed by atoms with E-state index in [4.69, 9.17) is 9.84 Å². The van der Waals surface area contributed by atoms with Gasteiger partial charge in [-0.15, -0.1) is 0 Å². The molecule has 1 aromatic heterocycles. The molecule has 0 amide bonds. The maximum atomic E-state index is 11.0. The number of hydrogen-bond donors (Lipinski definition) is 2. The Morgan fingerprint density at radius 1 is 1.15 bits per heavy atom. The van der Waals surface area contributed by atoms with Gasteiger partial charge in [0.25, 0.3) is 0 Å². The molecule has 0 aliphatic carbocycles. The van der Waals surface area contributed by atoms with Crippen molar-refractivity contribution < 1.29 is 14.6 Å². The molecular formula is C16H13NO3. The van der Waals surface area contributed by atoms with Gasteiger partial charge in [0.05, 0.1) is 12.7 Å². The summed E-state index contributed by atoms with van der Waals surface area (Å²) in [6.45, 7) is 0. The normalized spacial score (nSPS) is 10.7. The number of carbonyl (C=O) groups is 1. The van der Waals surface area contributed by atoms with Gasteiger partial charge in [0, 0.05) is 22.2 Å². The first-order valence-corrected chi connectivity index (χ1v) is 6.18. The third kappa shape index (κ3) is 2.12. The van der Waals surface area contributed by atoms with Gasteiger partial charge < -0.3 is 14.8 Å². The number of H-pyrrole nitrogens is 1. The number of aromatic carboxylic acids is 1. The highest BCUT2D eigenvalue weighted by molar-refractivity contribution is 5.95. The number of aromatic nitrogens is 1. The summed E-state index contributed by atoms with van der Waals surface area (Å²) in [7, 11) is 1.63. The summed E-state index contributed by atoms with van der Waals surface area (Å²) >= 11 is 0. The second-order valence-corrected chi connectivity index (χ2v) is 4.52. The van der Waals surface area contributed by atoms with E-state index in [1.54, 1.807) is 25.3 Å². The van der Waals surface area contributed by atoms with Crippen LogP contribution in [0.1, 0.15) is 10.4 Å². The molecule has 4 nitrogen and oxygen atoms in total. The topological polar surface area (TPSA) is 62.3 Å². The standard InChI is InChI=1S/C16H13NO3/c1-20-13-4-2-3-10(8-13)15-9-12-7-11(16(18)19)5-6-14(12)17-15/h2-9,17H,1H3,(H,18,19). The van der Waals surface area contributed by atoms with Crippen molar-refractivity contribution in [3.8, 4) is 17.0 Å². The van der Waals surface area contributed by atoms with E-state index in [0.717, 1.165) is 27.9 Å². The van der Waals surface area contributed by atoms with Crippen LogP contribution < -0.4 is 4.74 Å². The van der Waals surface area contributed by atoms with E-state index >= 15 is 0 Å². The number of benzene rings is 2. The number of carboxylic acid groups (broad SMARTS) is 1. The zero-order valence-corrected chi connectivity index (χ0v) is 10.9. The van der Waals surface area contributed by atoms with Crippen molar-refractivity contribution in [2.24, 2.45) is 0 Å². The number of nitrogens with one attached hydrogen (secondary N) is 1. The van der Waals surface area contributed by atoms with Crippen molar-refractivity contribution >= 4 is 16.9 Å². The maximum absolute atomic E-state index is 11.0. The largest absolute Gasteiger partial charge is 0.497 e. The van der Waals surface area contributed by atoms with E-state index in [2.05, 4.69) is 4.98 Å². The van der Waals surface area contributed by atoms with Crippen LogP contribution in [0.2, 0.25) is 0 Å². The minimum Gasteiger partial charge on any atom is -0.497 e. The molecule has 0 atom stereocenters. The predicted octanol–water partition coefficient (Wildman–Crippen LogP) is 3.54. The van der Waals surface area contributed by atoms with Crippen LogP contribution in [0.25, 0.3) is 22.2 Å². The summed E-state index contributed by atoms with van der Waals surface area (Å²) in [5.41, 5.74) is 3.13. The van der Waals surface area contributed by atoms with Gasteiger partial charge in [-0.05, 0) is 36.4 Å². The first-order valence-electron chi connectivity index (χ1n) is 6.18. The highest BCUT2D eigenvalue weighted by atomic mass is 16.5. The molecule has 100 valence electrons. The number of hydrogen-bond acceptors (Lipinski definition) is 2.